The third-order valence-electron chi connectivity index (χ3n) is 8.68. The predicted octanol–water partition coefficient (Wildman–Crippen LogP) is 1.64. The molecule has 0 radical (unpaired) electrons. The SMILES string of the molecule is C[C@]12C=CC(=O)CC1CCC1C2C(=O)C[C@@]2(C)C1CCC2(O)C(O)CO. The number of aliphatic hydroxyl groups excluding tert-OH is 2. The standard InChI is InChI=1S/C21H30O5/c1-19-7-5-13(23)9-12(19)3-4-14-15-6-8-21(26,17(25)11-22)20(15,2)10-16(24)18(14)19/h5,7,12,14-15,17-18,22,25-26H,3-4,6,8-11H2,1-2H3/t12?,14?,15?,17?,18?,19-,20-,21?/m0/s1. The normalized spacial score (nSPS) is 51.6. The first-order chi connectivity index (χ1) is 12.2. The highest BCUT2D eigenvalue weighted by Gasteiger charge is 2.68. The Morgan fingerprint density at radius 3 is 2.65 bits per heavy atom. The van der Waals surface area contributed by atoms with E-state index < -0.39 is 23.7 Å². The summed E-state index contributed by atoms with van der Waals surface area (Å²) in [6, 6.07) is 0. The van der Waals surface area contributed by atoms with E-state index in [1.807, 2.05) is 13.0 Å². The molecule has 8 atom stereocenters. The molecule has 5 heteroatoms. The minimum Gasteiger partial charge on any atom is -0.394 e. The average molecular weight is 362 g/mol. The Hall–Kier alpha value is -1.04. The van der Waals surface area contributed by atoms with E-state index in [1.54, 1.807) is 6.08 Å². The van der Waals surface area contributed by atoms with Crippen molar-refractivity contribution in [2.24, 2.45) is 34.5 Å². The van der Waals surface area contributed by atoms with Crippen LogP contribution in [-0.4, -0.2) is 45.2 Å². The highest BCUT2D eigenvalue weighted by molar-refractivity contribution is 5.92. The highest BCUT2D eigenvalue weighted by atomic mass is 16.4. The second-order valence-electron chi connectivity index (χ2n) is 9.61. The summed E-state index contributed by atoms with van der Waals surface area (Å²) >= 11 is 0. The number of fused-ring (bicyclic) bond motifs is 5. The lowest BCUT2D eigenvalue weighted by Crippen LogP contribution is -2.62. The maximum absolute atomic E-state index is 13.3. The molecule has 4 rings (SSSR count). The minimum atomic E-state index is -1.41. The van der Waals surface area contributed by atoms with Crippen molar-refractivity contribution in [2.75, 3.05) is 6.61 Å². The molecule has 3 fully saturated rings. The van der Waals surface area contributed by atoms with Gasteiger partial charge in [-0.2, -0.15) is 0 Å². The van der Waals surface area contributed by atoms with Gasteiger partial charge in [-0.15, -0.1) is 0 Å². The van der Waals surface area contributed by atoms with Gasteiger partial charge in [0, 0.05) is 24.2 Å². The molecule has 0 spiro atoms. The highest BCUT2D eigenvalue weighted by Crippen LogP contribution is 2.66. The molecule has 6 unspecified atom stereocenters. The Bertz CT molecular complexity index is 671. The lowest BCUT2D eigenvalue weighted by molar-refractivity contribution is -0.190. The number of carbonyl (C=O) groups excluding carboxylic acids is 2. The molecule has 0 aromatic carbocycles. The smallest absolute Gasteiger partial charge is 0.155 e. The van der Waals surface area contributed by atoms with Gasteiger partial charge in [-0.1, -0.05) is 19.9 Å². The van der Waals surface area contributed by atoms with E-state index in [1.165, 1.54) is 0 Å². The molecule has 144 valence electrons. The summed E-state index contributed by atoms with van der Waals surface area (Å²) in [6.45, 7) is 3.56. The zero-order chi connectivity index (χ0) is 18.9. The number of Topliss-reactive ketones (excluding diaryl/α,β-unsaturated/α-hetero) is 1. The second kappa shape index (κ2) is 5.73. The fourth-order valence-corrected chi connectivity index (χ4v) is 7.19. The Kier molecular flexibility index (Phi) is 4.04. The number of hydrogen-bond acceptors (Lipinski definition) is 5. The van der Waals surface area contributed by atoms with Crippen LogP contribution in [0.3, 0.4) is 0 Å². The molecule has 4 aliphatic carbocycles. The number of rotatable bonds is 2. The Balaban J connectivity index is 1.73. The summed E-state index contributed by atoms with van der Waals surface area (Å²) in [5.74, 6) is 0.724. The van der Waals surface area contributed by atoms with E-state index in [-0.39, 0.29) is 47.1 Å². The molecule has 0 aromatic heterocycles. The summed E-state index contributed by atoms with van der Waals surface area (Å²) in [4.78, 5) is 25.2. The lowest BCUT2D eigenvalue weighted by Gasteiger charge is -2.59. The Labute approximate surface area is 154 Å². The van der Waals surface area contributed by atoms with Crippen molar-refractivity contribution in [1.29, 1.82) is 0 Å². The van der Waals surface area contributed by atoms with E-state index in [4.69, 9.17) is 0 Å². The Morgan fingerprint density at radius 1 is 1.23 bits per heavy atom. The Morgan fingerprint density at radius 2 is 1.96 bits per heavy atom. The fourth-order valence-electron chi connectivity index (χ4n) is 7.19. The predicted molar refractivity (Wildman–Crippen MR) is 95.1 cm³/mol. The van der Waals surface area contributed by atoms with Crippen LogP contribution in [0.25, 0.3) is 0 Å². The number of allylic oxidation sites excluding steroid dienone is 2. The summed E-state index contributed by atoms with van der Waals surface area (Å²) in [5.41, 5.74) is -2.40. The van der Waals surface area contributed by atoms with E-state index in [0.29, 0.717) is 12.8 Å². The van der Waals surface area contributed by atoms with Crippen molar-refractivity contribution < 1.29 is 24.9 Å². The van der Waals surface area contributed by atoms with Crippen LogP contribution in [0.4, 0.5) is 0 Å². The maximum Gasteiger partial charge on any atom is 0.155 e. The van der Waals surface area contributed by atoms with E-state index in [9.17, 15) is 24.9 Å². The van der Waals surface area contributed by atoms with Gasteiger partial charge >= 0.3 is 0 Å². The zero-order valence-corrected chi connectivity index (χ0v) is 15.6. The van der Waals surface area contributed by atoms with Crippen LogP contribution < -0.4 is 0 Å². The number of aliphatic hydroxyl groups is 3. The van der Waals surface area contributed by atoms with Crippen LogP contribution in [0.5, 0.6) is 0 Å². The van der Waals surface area contributed by atoms with E-state index >= 15 is 0 Å². The van der Waals surface area contributed by atoms with Crippen LogP contribution in [0, 0.1) is 34.5 Å². The van der Waals surface area contributed by atoms with Gasteiger partial charge in [0.25, 0.3) is 0 Å². The molecule has 3 N–H and O–H groups in total. The fraction of sp³-hybridized carbons (Fsp3) is 0.810. The summed E-state index contributed by atoms with van der Waals surface area (Å²) in [6.07, 6.45) is 6.17. The number of carbonyl (C=O) groups is 2. The molecular formula is C21H30O5. The molecule has 0 heterocycles. The molecular weight excluding hydrogens is 332 g/mol. The van der Waals surface area contributed by atoms with Crippen molar-refractivity contribution in [1.82, 2.24) is 0 Å². The number of hydrogen-bond donors (Lipinski definition) is 3. The van der Waals surface area contributed by atoms with Crippen molar-refractivity contribution in [2.45, 2.75) is 64.1 Å². The van der Waals surface area contributed by atoms with Crippen molar-refractivity contribution in [3.05, 3.63) is 12.2 Å². The van der Waals surface area contributed by atoms with Crippen molar-refractivity contribution in [3.63, 3.8) is 0 Å². The molecule has 0 amide bonds. The first-order valence-electron chi connectivity index (χ1n) is 9.93. The lowest BCUT2D eigenvalue weighted by atomic mass is 9.45. The molecule has 3 saturated carbocycles. The van der Waals surface area contributed by atoms with Crippen molar-refractivity contribution >= 4 is 11.6 Å². The van der Waals surface area contributed by atoms with Gasteiger partial charge in [0.1, 0.15) is 11.9 Å². The largest absolute Gasteiger partial charge is 0.394 e. The summed E-state index contributed by atoms with van der Waals surface area (Å²) < 4.78 is 0. The molecule has 0 aliphatic heterocycles. The first-order valence-corrected chi connectivity index (χ1v) is 9.93. The van der Waals surface area contributed by atoms with Gasteiger partial charge in [0.05, 0.1) is 12.2 Å². The molecule has 0 bridgehead atoms. The molecule has 0 aromatic rings. The summed E-state index contributed by atoms with van der Waals surface area (Å²) in [7, 11) is 0. The third-order valence-corrected chi connectivity index (χ3v) is 8.68. The topological polar surface area (TPSA) is 94.8 Å². The maximum atomic E-state index is 13.3. The minimum absolute atomic E-state index is 0.114. The van der Waals surface area contributed by atoms with Crippen molar-refractivity contribution in [3.8, 4) is 0 Å². The van der Waals surface area contributed by atoms with Gasteiger partial charge in [-0.05, 0) is 54.9 Å². The van der Waals surface area contributed by atoms with Gasteiger partial charge in [-0.3, -0.25) is 9.59 Å². The van der Waals surface area contributed by atoms with E-state index in [0.717, 1.165) is 19.3 Å². The summed E-state index contributed by atoms with van der Waals surface area (Å²) in [5, 5.41) is 31.0. The van der Waals surface area contributed by atoms with Crippen LogP contribution in [0.15, 0.2) is 12.2 Å². The first kappa shape index (κ1) is 18.3. The van der Waals surface area contributed by atoms with Crippen LogP contribution >= 0.6 is 0 Å². The molecule has 5 nitrogen and oxygen atoms in total. The van der Waals surface area contributed by atoms with Crippen LogP contribution in [-0.2, 0) is 9.59 Å². The van der Waals surface area contributed by atoms with Crippen LogP contribution in [0.2, 0.25) is 0 Å². The third kappa shape index (κ3) is 2.14. The molecule has 26 heavy (non-hydrogen) atoms. The quantitative estimate of drug-likeness (QED) is 0.694. The molecule has 0 saturated heterocycles. The number of ketones is 2. The van der Waals surface area contributed by atoms with Gasteiger partial charge < -0.3 is 15.3 Å². The monoisotopic (exact) mass is 362 g/mol. The zero-order valence-electron chi connectivity index (χ0n) is 15.6. The van der Waals surface area contributed by atoms with Gasteiger partial charge in [-0.25, -0.2) is 0 Å². The van der Waals surface area contributed by atoms with Crippen LogP contribution in [0.1, 0.15) is 52.4 Å². The van der Waals surface area contributed by atoms with Gasteiger partial charge in [0.2, 0.25) is 0 Å². The van der Waals surface area contributed by atoms with E-state index in [2.05, 4.69) is 6.92 Å². The average Bonchev–Trinajstić information content (AvgIpc) is 2.86. The second-order valence-corrected chi connectivity index (χ2v) is 9.61. The van der Waals surface area contributed by atoms with Gasteiger partial charge in [0.15, 0.2) is 5.78 Å². The molecule has 4 aliphatic rings.